The Labute approximate surface area is 144 Å². The number of hydrogen-bond donors (Lipinski definition) is 0. The van der Waals surface area contributed by atoms with Crippen LogP contribution in [0.25, 0.3) is 5.65 Å². The van der Waals surface area contributed by atoms with Gasteiger partial charge in [0.15, 0.2) is 5.65 Å². The van der Waals surface area contributed by atoms with E-state index < -0.39 is 16.0 Å². The minimum Gasteiger partial charge on any atom is -0.457 e. The maximum Gasteiger partial charge on any atom is 0.339 e. The van der Waals surface area contributed by atoms with Gasteiger partial charge in [-0.15, -0.1) is 10.2 Å². The molecule has 0 aliphatic rings. The average Bonchev–Trinajstić information content (AvgIpc) is 3.07. The largest absolute Gasteiger partial charge is 0.457 e. The highest BCUT2D eigenvalue weighted by Gasteiger charge is 2.17. The molecule has 9 heteroatoms. The van der Waals surface area contributed by atoms with Gasteiger partial charge in [-0.1, -0.05) is 12.1 Å². The van der Waals surface area contributed by atoms with Gasteiger partial charge in [-0.05, 0) is 29.8 Å². The minimum atomic E-state index is -3.53. The van der Waals surface area contributed by atoms with Gasteiger partial charge in [-0.2, -0.15) is 0 Å². The minimum absolute atomic E-state index is 0.0319. The molecule has 0 aliphatic heterocycles. The van der Waals surface area contributed by atoms with Crippen molar-refractivity contribution in [3.8, 4) is 0 Å². The molecule has 0 unspecified atom stereocenters. The van der Waals surface area contributed by atoms with E-state index >= 15 is 0 Å². The number of carbonyl (C=O) groups is 1. The van der Waals surface area contributed by atoms with Gasteiger partial charge < -0.3 is 4.74 Å². The first-order chi connectivity index (χ1) is 11.9. The Balaban J connectivity index is 1.74. The summed E-state index contributed by atoms with van der Waals surface area (Å²) in [5.41, 5.74) is 1.56. The molecule has 25 heavy (non-hydrogen) atoms. The Morgan fingerprint density at radius 1 is 1.24 bits per heavy atom. The number of nitrogens with zero attached hydrogens (tertiary/aromatic N) is 4. The van der Waals surface area contributed by atoms with Crippen molar-refractivity contribution >= 4 is 21.6 Å². The molecule has 0 saturated heterocycles. The Hall–Kier alpha value is -2.78. The van der Waals surface area contributed by atoms with E-state index in [1.165, 1.54) is 32.6 Å². The van der Waals surface area contributed by atoms with Gasteiger partial charge in [-0.3, -0.25) is 4.40 Å². The standard InChI is InChI=1S/C16H16N4O4S/c1-19(2)25(22,23)14-5-3-4-12(8-14)10-24-16(21)13-6-7-15-18-17-11-20(15)9-13/h3-9,11H,10H2,1-2H3. The number of aromatic nitrogens is 3. The van der Waals surface area contributed by atoms with Crippen molar-refractivity contribution in [1.82, 2.24) is 18.9 Å². The van der Waals surface area contributed by atoms with Crippen molar-refractivity contribution < 1.29 is 17.9 Å². The predicted molar refractivity (Wildman–Crippen MR) is 89.4 cm³/mol. The van der Waals surface area contributed by atoms with Crippen LogP contribution in [0.15, 0.2) is 53.8 Å². The fraction of sp³-hybridized carbons (Fsp3) is 0.188. The lowest BCUT2D eigenvalue weighted by Gasteiger charge is -2.12. The molecular formula is C16H16N4O4S. The monoisotopic (exact) mass is 360 g/mol. The van der Waals surface area contributed by atoms with Crippen LogP contribution in [0.2, 0.25) is 0 Å². The van der Waals surface area contributed by atoms with Crippen molar-refractivity contribution in [1.29, 1.82) is 0 Å². The normalized spacial score (nSPS) is 11.8. The highest BCUT2D eigenvalue weighted by atomic mass is 32.2. The lowest BCUT2D eigenvalue weighted by Crippen LogP contribution is -2.22. The van der Waals surface area contributed by atoms with Crippen molar-refractivity contribution in [2.45, 2.75) is 11.5 Å². The van der Waals surface area contributed by atoms with E-state index in [4.69, 9.17) is 4.74 Å². The first kappa shape index (κ1) is 17.1. The van der Waals surface area contributed by atoms with Gasteiger partial charge in [0.25, 0.3) is 0 Å². The second kappa shape index (κ2) is 6.61. The number of esters is 1. The average molecular weight is 360 g/mol. The number of carbonyl (C=O) groups excluding carboxylic acids is 1. The van der Waals surface area contributed by atoms with Crippen LogP contribution in [-0.4, -0.2) is 47.4 Å². The molecule has 0 bridgehead atoms. The maximum absolute atomic E-state index is 12.2. The second-order valence-corrected chi connectivity index (χ2v) is 7.68. The molecule has 0 N–H and O–H groups in total. The number of benzene rings is 1. The van der Waals surface area contributed by atoms with E-state index in [-0.39, 0.29) is 11.5 Å². The summed E-state index contributed by atoms with van der Waals surface area (Å²) in [6.45, 7) is -0.0319. The molecule has 0 fully saturated rings. The summed E-state index contributed by atoms with van der Waals surface area (Å²) in [6, 6.07) is 9.56. The highest BCUT2D eigenvalue weighted by Crippen LogP contribution is 2.16. The first-order valence-electron chi connectivity index (χ1n) is 7.36. The van der Waals surface area contributed by atoms with E-state index in [1.54, 1.807) is 34.9 Å². The molecule has 2 aromatic heterocycles. The summed E-state index contributed by atoms with van der Waals surface area (Å²) >= 11 is 0. The fourth-order valence-corrected chi connectivity index (χ4v) is 3.16. The first-order valence-corrected chi connectivity index (χ1v) is 8.80. The summed E-state index contributed by atoms with van der Waals surface area (Å²) in [7, 11) is -0.610. The van der Waals surface area contributed by atoms with Crippen LogP contribution in [0.5, 0.6) is 0 Å². The molecule has 0 amide bonds. The zero-order chi connectivity index (χ0) is 18.0. The summed E-state index contributed by atoms with van der Waals surface area (Å²) < 4.78 is 32.3. The zero-order valence-corrected chi connectivity index (χ0v) is 14.5. The number of rotatable bonds is 5. The topological polar surface area (TPSA) is 93.9 Å². The number of fused-ring (bicyclic) bond motifs is 1. The Bertz CT molecular complexity index is 1030. The fourth-order valence-electron chi connectivity index (χ4n) is 2.19. The van der Waals surface area contributed by atoms with Crippen LogP contribution in [0.4, 0.5) is 0 Å². The van der Waals surface area contributed by atoms with E-state index in [2.05, 4.69) is 10.2 Å². The SMILES string of the molecule is CN(C)S(=O)(=O)c1cccc(COC(=O)c2ccc3nncn3c2)c1. The van der Waals surface area contributed by atoms with Crippen LogP contribution in [0, 0.1) is 0 Å². The predicted octanol–water partition coefficient (Wildman–Crippen LogP) is 1.34. The maximum atomic E-state index is 12.2. The number of sulfonamides is 1. The lowest BCUT2D eigenvalue weighted by molar-refractivity contribution is 0.0472. The second-order valence-electron chi connectivity index (χ2n) is 5.53. The van der Waals surface area contributed by atoms with Crippen molar-refractivity contribution in [2.24, 2.45) is 0 Å². The molecule has 0 atom stereocenters. The summed E-state index contributed by atoms with van der Waals surface area (Å²) in [4.78, 5) is 12.3. The molecule has 0 aliphatic carbocycles. The quantitative estimate of drug-likeness (QED) is 0.637. The lowest BCUT2D eigenvalue weighted by atomic mass is 10.2. The van der Waals surface area contributed by atoms with E-state index in [0.29, 0.717) is 16.8 Å². The molecule has 1 aromatic carbocycles. The van der Waals surface area contributed by atoms with Crippen LogP contribution in [0.3, 0.4) is 0 Å². The molecule has 2 heterocycles. The molecule has 8 nitrogen and oxygen atoms in total. The van der Waals surface area contributed by atoms with Gasteiger partial charge in [-0.25, -0.2) is 17.5 Å². The van der Waals surface area contributed by atoms with Crippen LogP contribution < -0.4 is 0 Å². The molecular weight excluding hydrogens is 344 g/mol. The third-order valence-electron chi connectivity index (χ3n) is 3.57. The van der Waals surface area contributed by atoms with Gasteiger partial charge in [0.05, 0.1) is 10.5 Å². The number of ether oxygens (including phenoxy) is 1. The molecule has 3 aromatic rings. The smallest absolute Gasteiger partial charge is 0.339 e. The van der Waals surface area contributed by atoms with E-state index in [0.717, 1.165) is 4.31 Å². The third kappa shape index (κ3) is 3.52. The van der Waals surface area contributed by atoms with Crippen LogP contribution in [0.1, 0.15) is 15.9 Å². The molecule has 0 radical (unpaired) electrons. The summed E-state index contributed by atoms with van der Waals surface area (Å²) in [5.74, 6) is -0.517. The Morgan fingerprint density at radius 3 is 2.80 bits per heavy atom. The van der Waals surface area contributed by atoms with Gasteiger partial charge in [0.2, 0.25) is 10.0 Å². The molecule has 0 saturated carbocycles. The molecule has 130 valence electrons. The molecule has 0 spiro atoms. The van der Waals surface area contributed by atoms with E-state index in [1.807, 2.05) is 0 Å². The summed E-state index contributed by atoms with van der Waals surface area (Å²) in [5, 5.41) is 7.60. The third-order valence-corrected chi connectivity index (χ3v) is 5.38. The number of hydrogen-bond acceptors (Lipinski definition) is 6. The number of pyridine rings is 1. The van der Waals surface area contributed by atoms with Crippen molar-refractivity contribution in [3.05, 3.63) is 60.0 Å². The Morgan fingerprint density at radius 2 is 2.04 bits per heavy atom. The molecule has 3 rings (SSSR count). The van der Waals surface area contributed by atoms with Crippen molar-refractivity contribution in [2.75, 3.05) is 14.1 Å². The van der Waals surface area contributed by atoms with Gasteiger partial charge >= 0.3 is 5.97 Å². The van der Waals surface area contributed by atoms with Gasteiger partial charge in [0, 0.05) is 20.3 Å². The van der Waals surface area contributed by atoms with Crippen LogP contribution in [-0.2, 0) is 21.4 Å². The van der Waals surface area contributed by atoms with Gasteiger partial charge in [0.1, 0.15) is 12.9 Å². The van der Waals surface area contributed by atoms with E-state index in [9.17, 15) is 13.2 Å². The summed E-state index contributed by atoms with van der Waals surface area (Å²) in [6.07, 6.45) is 3.06. The zero-order valence-electron chi connectivity index (χ0n) is 13.7. The highest BCUT2D eigenvalue weighted by molar-refractivity contribution is 7.89. The van der Waals surface area contributed by atoms with Crippen molar-refractivity contribution in [3.63, 3.8) is 0 Å². The van der Waals surface area contributed by atoms with Crippen LogP contribution >= 0.6 is 0 Å². The Kier molecular flexibility index (Phi) is 4.51.